The highest BCUT2D eigenvalue weighted by Crippen LogP contribution is 2.36. The summed E-state index contributed by atoms with van der Waals surface area (Å²) in [6.45, 7) is 0. The van der Waals surface area contributed by atoms with Gasteiger partial charge in [0.05, 0.1) is 23.2 Å². The molecular weight excluding hydrogens is 269 g/mol. The maximum atomic E-state index is 12.6. The molecule has 0 radical (unpaired) electrons. The lowest BCUT2D eigenvalue weighted by molar-refractivity contribution is -0.385. The summed E-state index contributed by atoms with van der Waals surface area (Å²) in [5.41, 5.74) is -4.49. The van der Waals surface area contributed by atoms with Crippen molar-refractivity contribution in [2.24, 2.45) is 0 Å². The van der Waals surface area contributed by atoms with Crippen LogP contribution in [-0.4, -0.2) is 18.0 Å². The molecule has 0 spiro atoms. The lowest BCUT2D eigenvalue weighted by Crippen LogP contribution is -2.15. The summed E-state index contributed by atoms with van der Waals surface area (Å²) >= 11 is 0. The normalized spacial score (nSPS) is 10.7. The van der Waals surface area contributed by atoms with Crippen LogP contribution in [-0.2, 0) is 10.9 Å². The number of ether oxygens (including phenoxy) is 1. The van der Waals surface area contributed by atoms with Crippen LogP contribution in [0.3, 0.4) is 0 Å². The SMILES string of the molecule is COC(=O)c1c([N+](=O)[O-])ccc(C(F)(F)F)c1C#N. The van der Waals surface area contributed by atoms with E-state index >= 15 is 0 Å². The third-order valence-electron chi connectivity index (χ3n) is 2.19. The van der Waals surface area contributed by atoms with Crippen molar-refractivity contribution in [1.29, 1.82) is 5.26 Å². The van der Waals surface area contributed by atoms with Gasteiger partial charge >= 0.3 is 12.1 Å². The molecule has 0 aliphatic rings. The molecule has 1 rings (SSSR count). The molecule has 0 bridgehead atoms. The first kappa shape index (κ1) is 14.4. The second-order valence-electron chi connectivity index (χ2n) is 3.24. The third kappa shape index (κ3) is 2.62. The lowest BCUT2D eigenvalue weighted by atomic mass is 9.99. The summed E-state index contributed by atoms with van der Waals surface area (Å²) in [5, 5.41) is 19.4. The van der Waals surface area contributed by atoms with Crippen molar-refractivity contribution in [3.8, 4) is 6.07 Å². The van der Waals surface area contributed by atoms with Gasteiger partial charge < -0.3 is 4.74 Å². The number of nitro benzene ring substituents is 1. The first-order valence-electron chi connectivity index (χ1n) is 4.61. The Kier molecular flexibility index (Phi) is 3.75. The summed E-state index contributed by atoms with van der Waals surface area (Å²) < 4.78 is 42.1. The monoisotopic (exact) mass is 274 g/mol. The molecule has 1 aromatic carbocycles. The topological polar surface area (TPSA) is 93.2 Å². The predicted molar refractivity (Wildman–Crippen MR) is 54.2 cm³/mol. The first-order chi connectivity index (χ1) is 8.73. The van der Waals surface area contributed by atoms with Crippen molar-refractivity contribution in [2.75, 3.05) is 7.11 Å². The Labute approximate surface area is 104 Å². The van der Waals surface area contributed by atoms with Crippen molar-refractivity contribution >= 4 is 11.7 Å². The number of hydrogen-bond acceptors (Lipinski definition) is 5. The minimum absolute atomic E-state index is 0.378. The summed E-state index contributed by atoms with van der Waals surface area (Å²) in [4.78, 5) is 21.0. The predicted octanol–water partition coefficient (Wildman–Crippen LogP) is 2.27. The molecule has 0 N–H and O–H groups in total. The molecule has 0 fully saturated rings. The molecule has 6 nitrogen and oxygen atoms in total. The Morgan fingerprint density at radius 3 is 2.42 bits per heavy atom. The van der Waals surface area contributed by atoms with Crippen LogP contribution < -0.4 is 0 Å². The highest BCUT2D eigenvalue weighted by molar-refractivity contribution is 5.97. The number of halogens is 3. The lowest BCUT2D eigenvalue weighted by Gasteiger charge is -2.11. The highest BCUT2D eigenvalue weighted by atomic mass is 19.4. The fraction of sp³-hybridized carbons (Fsp3) is 0.200. The van der Waals surface area contributed by atoms with Crippen LogP contribution in [0.1, 0.15) is 21.5 Å². The number of esters is 1. The molecule has 0 heterocycles. The molecule has 0 atom stereocenters. The van der Waals surface area contributed by atoms with E-state index in [4.69, 9.17) is 5.26 Å². The zero-order chi connectivity index (χ0) is 14.8. The molecule has 0 aliphatic carbocycles. The van der Waals surface area contributed by atoms with E-state index < -0.39 is 39.4 Å². The van der Waals surface area contributed by atoms with Crippen LogP contribution >= 0.6 is 0 Å². The van der Waals surface area contributed by atoms with E-state index in [1.165, 1.54) is 0 Å². The Morgan fingerprint density at radius 1 is 1.47 bits per heavy atom. The Morgan fingerprint density at radius 2 is 2.05 bits per heavy atom. The minimum Gasteiger partial charge on any atom is -0.465 e. The number of rotatable bonds is 2. The van der Waals surface area contributed by atoms with E-state index in [2.05, 4.69) is 4.74 Å². The molecule has 0 saturated heterocycles. The fourth-order valence-corrected chi connectivity index (χ4v) is 1.40. The number of hydrogen-bond donors (Lipinski definition) is 0. The average molecular weight is 274 g/mol. The summed E-state index contributed by atoms with van der Waals surface area (Å²) in [7, 11) is 0.841. The molecule has 0 unspecified atom stereocenters. The van der Waals surface area contributed by atoms with E-state index in [0.29, 0.717) is 12.1 Å². The average Bonchev–Trinajstić information content (AvgIpc) is 2.34. The van der Waals surface area contributed by atoms with Crippen molar-refractivity contribution in [3.05, 3.63) is 38.9 Å². The number of alkyl halides is 3. The standard InChI is InChI=1S/C10H5F3N2O4/c1-19-9(16)8-5(4-14)6(10(11,12)13)2-3-7(8)15(17)18/h2-3H,1H3. The van der Waals surface area contributed by atoms with E-state index in [-0.39, 0.29) is 0 Å². The van der Waals surface area contributed by atoms with Crippen LogP contribution in [0, 0.1) is 21.4 Å². The molecule has 0 aliphatic heterocycles. The summed E-state index contributed by atoms with van der Waals surface area (Å²) in [5.74, 6) is -1.38. The second-order valence-corrected chi connectivity index (χ2v) is 3.24. The zero-order valence-electron chi connectivity index (χ0n) is 9.32. The Hall–Kier alpha value is -2.63. The number of nitrogens with zero attached hydrogens (tertiary/aromatic N) is 2. The maximum Gasteiger partial charge on any atom is 0.417 e. The van der Waals surface area contributed by atoms with Gasteiger partial charge in [0.2, 0.25) is 0 Å². The van der Waals surface area contributed by atoms with Crippen LogP contribution in [0.2, 0.25) is 0 Å². The molecule has 0 aromatic heterocycles. The van der Waals surface area contributed by atoms with E-state index in [1.807, 2.05) is 0 Å². The van der Waals surface area contributed by atoms with Crippen LogP contribution in [0.25, 0.3) is 0 Å². The summed E-state index contributed by atoms with van der Waals surface area (Å²) in [6, 6.07) is 2.04. The molecular formula is C10H5F3N2O4. The van der Waals surface area contributed by atoms with Crippen LogP contribution in [0.15, 0.2) is 12.1 Å². The largest absolute Gasteiger partial charge is 0.465 e. The van der Waals surface area contributed by atoms with E-state index in [1.54, 1.807) is 0 Å². The number of carbonyl (C=O) groups excluding carboxylic acids is 1. The minimum atomic E-state index is -4.91. The van der Waals surface area contributed by atoms with E-state index in [9.17, 15) is 28.1 Å². The Bertz CT molecular complexity index is 590. The fourth-order valence-electron chi connectivity index (χ4n) is 1.40. The third-order valence-corrected chi connectivity index (χ3v) is 2.19. The van der Waals surface area contributed by atoms with Gasteiger partial charge in [-0.3, -0.25) is 10.1 Å². The van der Waals surface area contributed by atoms with Gasteiger partial charge in [0.1, 0.15) is 6.07 Å². The number of benzene rings is 1. The van der Waals surface area contributed by atoms with Gasteiger partial charge in [-0.2, -0.15) is 18.4 Å². The van der Waals surface area contributed by atoms with Gasteiger partial charge in [-0.1, -0.05) is 0 Å². The molecule has 100 valence electrons. The Balaban J connectivity index is 3.76. The highest BCUT2D eigenvalue weighted by Gasteiger charge is 2.38. The number of carbonyl (C=O) groups is 1. The van der Waals surface area contributed by atoms with Gasteiger partial charge in [-0.25, -0.2) is 4.79 Å². The molecule has 1 aromatic rings. The number of nitro groups is 1. The van der Waals surface area contributed by atoms with Crippen molar-refractivity contribution in [1.82, 2.24) is 0 Å². The van der Waals surface area contributed by atoms with Gasteiger partial charge in [0.25, 0.3) is 5.69 Å². The number of methoxy groups -OCH3 is 1. The van der Waals surface area contributed by atoms with Gasteiger partial charge in [0.15, 0.2) is 5.56 Å². The number of nitriles is 1. The molecule has 19 heavy (non-hydrogen) atoms. The zero-order valence-corrected chi connectivity index (χ0v) is 9.32. The van der Waals surface area contributed by atoms with Gasteiger partial charge in [-0.15, -0.1) is 0 Å². The van der Waals surface area contributed by atoms with E-state index in [0.717, 1.165) is 13.2 Å². The van der Waals surface area contributed by atoms with Gasteiger partial charge in [-0.05, 0) is 6.07 Å². The van der Waals surface area contributed by atoms with Crippen molar-refractivity contribution in [2.45, 2.75) is 6.18 Å². The molecule has 9 heteroatoms. The van der Waals surface area contributed by atoms with Crippen LogP contribution in [0.4, 0.5) is 18.9 Å². The van der Waals surface area contributed by atoms with Crippen LogP contribution in [0.5, 0.6) is 0 Å². The van der Waals surface area contributed by atoms with Crippen molar-refractivity contribution < 1.29 is 27.6 Å². The van der Waals surface area contributed by atoms with Crippen molar-refractivity contribution in [3.63, 3.8) is 0 Å². The first-order valence-corrected chi connectivity index (χ1v) is 4.61. The maximum absolute atomic E-state index is 12.6. The summed E-state index contributed by atoms with van der Waals surface area (Å²) in [6.07, 6.45) is -4.91. The molecule has 0 amide bonds. The second kappa shape index (κ2) is 4.93. The molecule has 0 saturated carbocycles. The van der Waals surface area contributed by atoms with Gasteiger partial charge in [0, 0.05) is 6.07 Å². The smallest absolute Gasteiger partial charge is 0.417 e. The quantitative estimate of drug-likeness (QED) is 0.468.